The summed E-state index contributed by atoms with van der Waals surface area (Å²) in [4.78, 5) is 4.60. The van der Waals surface area contributed by atoms with Gasteiger partial charge in [-0.25, -0.2) is 0 Å². The van der Waals surface area contributed by atoms with Crippen molar-refractivity contribution < 1.29 is 9.47 Å². The molecular formula is C19H18NO2P. The van der Waals surface area contributed by atoms with E-state index in [2.05, 4.69) is 23.2 Å². The highest BCUT2D eigenvalue weighted by molar-refractivity contribution is 7.80. The fraction of sp³-hybridized carbons (Fsp3) is 0.105. The van der Waals surface area contributed by atoms with Crippen molar-refractivity contribution in [3.8, 4) is 11.5 Å². The zero-order valence-electron chi connectivity index (χ0n) is 13.1. The molecule has 0 aliphatic heterocycles. The largest absolute Gasteiger partial charge is 0.496 e. The summed E-state index contributed by atoms with van der Waals surface area (Å²) in [5.41, 5.74) is 1.02. The van der Waals surface area contributed by atoms with Gasteiger partial charge in [-0.15, -0.1) is 0 Å². The van der Waals surface area contributed by atoms with Crippen molar-refractivity contribution >= 4 is 24.0 Å². The summed E-state index contributed by atoms with van der Waals surface area (Å²) in [7, 11) is 2.54. The van der Waals surface area contributed by atoms with Crippen molar-refractivity contribution in [1.29, 1.82) is 0 Å². The second kappa shape index (κ2) is 7.26. The molecule has 0 spiro atoms. The van der Waals surface area contributed by atoms with E-state index in [-0.39, 0.29) is 0 Å². The number of hydrogen-bond donors (Lipinski definition) is 0. The highest BCUT2D eigenvalue weighted by Gasteiger charge is 2.23. The second-order valence-electron chi connectivity index (χ2n) is 4.87. The Bertz CT molecular complexity index is 730. The first kappa shape index (κ1) is 15.5. The molecule has 4 heteroatoms. The van der Waals surface area contributed by atoms with Gasteiger partial charge in [-0.05, 0) is 24.3 Å². The number of ether oxygens (including phenoxy) is 2. The molecule has 0 radical (unpaired) electrons. The molecule has 0 saturated heterocycles. The number of benzene rings is 2. The van der Waals surface area contributed by atoms with Gasteiger partial charge in [-0.2, -0.15) is 0 Å². The second-order valence-corrected chi connectivity index (χ2v) is 6.96. The van der Waals surface area contributed by atoms with Crippen LogP contribution in [0.1, 0.15) is 0 Å². The minimum Gasteiger partial charge on any atom is -0.496 e. The first-order valence-electron chi connectivity index (χ1n) is 7.32. The number of nitrogens with zero attached hydrogens (tertiary/aromatic N) is 1. The van der Waals surface area contributed by atoms with Crippen LogP contribution in [0.25, 0.3) is 0 Å². The van der Waals surface area contributed by atoms with Gasteiger partial charge in [0.25, 0.3) is 0 Å². The highest BCUT2D eigenvalue weighted by atomic mass is 31.1. The molecule has 0 unspecified atom stereocenters. The Morgan fingerprint density at radius 2 is 1.22 bits per heavy atom. The van der Waals surface area contributed by atoms with Crippen LogP contribution in [-0.4, -0.2) is 19.2 Å². The van der Waals surface area contributed by atoms with Crippen molar-refractivity contribution in [3.63, 3.8) is 0 Å². The van der Waals surface area contributed by atoms with E-state index in [1.165, 1.54) is 0 Å². The van der Waals surface area contributed by atoms with Gasteiger partial charge in [-0.1, -0.05) is 42.5 Å². The number of para-hydroxylation sites is 2. The molecule has 0 aliphatic carbocycles. The van der Waals surface area contributed by atoms with Crippen LogP contribution in [0.2, 0.25) is 0 Å². The lowest BCUT2D eigenvalue weighted by Crippen LogP contribution is -2.24. The molecule has 3 aromatic rings. The molecule has 0 bridgehead atoms. The Hall–Kier alpha value is -2.38. The van der Waals surface area contributed by atoms with Gasteiger partial charge in [0.15, 0.2) is 0 Å². The smallest absolute Gasteiger partial charge is 0.127 e. The maximum absolute atomic E-state index is 5.59. The van der Waals surface area contributed by atoms with E-state index >= 15 is 0 Å². The fourth-order valence-corrected chi connectivity index (χ4v) is 4.90. The van der Waals surface area contributed by atoms with E-state index < -0.39 is 7.92 Å². The molecule has 0 fully saturated rings. The number of rotatable bonds is 5. The molecule has 1 aromatic heterocycles. The molecular weight excluding hydrogens is 305 g/mol. The summed E-state index contributed by atoms with van der Waals surface area (Å²) in [6.07, 6.45) is 1.83. The van der Waals surface area contributed by atoms with Gasteiger partial charge in [-0.3, -0.25) is 4.98 Å². The lowest BCUT2D eigenvalue weighted by Gasteiger charge is -2.22. The van der Waals surface area contributed by atoms with E-state index in [4.69, 9.17) is 9.47 Å². The average molecular weight is 323 g/mol. The third-order valence-corrected chi connectivity index (χ3v) is 5.96. The predicted octanol–water partition coefficient (Wildman–Crippen LogP) is 2.86. The maximum atomic E-state index is 5.59. The number of aromatic nitrogens is 1. The molecule has 0 atom stereocenters. The quantitative estimate of drug-likeness (QED) is 0.677. The van der Waals surface area contributed by atoms with Crippen LogP contribution in [-0.2, 0) is 0 Å². The van der Waals surface area contributed by atoms with Crippen LogP contribution in [0.4, 0.5) is 0 Å². The van der Waals surface area contributed by atoms with Gasteiger partial charge >= 0.3 is 0 Å². The molecule has 23 heavy (non-hydrogen) atoms. The summed E-state index contributed by atoms with van der Waals surface area (Å²) < 4.78 is 11.2. The van der Waals surface area contributed by atoms with Gasteiger partial charge < -0.3 is 9.47 Å². The zero-order valence-corrected chi connectivity index (χ0v) is 14.0. The minimum absolute atomic E-state index is 0.860. The number of methoxy groups -OCH3 is 2. The predicted molar refractivity (Wildman–Crippen MR) is 96.0 cm³/mol. The van der Waals surface area contributed by atoms with E-state index in [1.54, 1.807) is 14.2 Å². The van der Waals surface area contributed by atoms with Crippen LogP contribution in [0, 0.1) is 0 Å². The van der Waals surface area contributed by atoms with Crippen molar-refractivity contribution in [3.05, 3.63) is 72.9 Å². The normalized spacial score (nSPS) is 10.6. The number of pyridine rings is 1. The van der Waals surface area contributed by atoms with E-state index in [9.17, 15) is 0 Å². The topological polar surface area (TPSA) is 31.4 Å². The maximum Gasteiger partial charge on any atom is 0.127 e. The monoisotopic (exact) mass is 323 g/mol. The molecule has 0 amide bonds. The van der Waals surface area contributed by atoms with Crippen LogP contribution >= 0.6 is 7.92 Å². The SMILES string of the molecule is COc1ccccc1P(c1ccccn1)c1ccccc1OC. The number of hydrogen-bond acceptors (Lipinski definition) is 3. The van der Waals surface area contributed by atoms with E-state index in [1.807, 2.05) is 54.7 Å². The van der Waals surface area contributed by atoms with Crippen molar-refractivity contribution in [1.82, 2.24) is 4.98 Å². The molecule has 0 saturated carbocycles. The Morgan fingerprint density at radius 1 is 0.696 bits per heavy atom. The molecule has 3 rings (SSSR count). The Labute approximate surface area is 137 Å². The first-order valence-corrected chi connectivity index (χ1v) is 8.66. The Kier molecular flexibility index (Phi) is 4.89. The molecule has 0 N–H and O–H groups in total. The van der Waals surface area contributed by atoms with E-state index in [0.29, 0.717) is 0 Å². The van der Waals surface area contributed by atoms with Crippen LogP contribution in [0.5, 0.6) is 11.5 Å². The fourth-order valence-electron chi connectivity index (χ4n) is 2.49. The third kappa shape index (κ3) is 3.20. The van der Waals surface area contributed by atoms with Crippen LogP contribution in [0.15, 0.2) is 72.9 Å². The molecule has 116 valence electrons. The van der Waals surface area contributed by atoms with Gasteiger partial charge in [0.1, 0.15) is 11.5 Å². The lowest BCUT2D eigenvalue weighted by molar-refractivity contribution is 0.417. The first-order chi connectivity index (χ1) is 11.3. The molecule has 3 nitrogen and oxygen atoms in total. The standard InChI is InChI=1S/C19H18NO2P/c1-21-15-9-3-5-11-17(15)23(19-13-7-8-14-20-19)18-12-6-4-10-16(18)22-2/h3-14H,1-2H3. The summed E-state index contributed by atoms with van der Waals surface area (Å²) in [5, 5.41) is 2.27. The van der Waals surface area contributed by atoms with Crippen molar-refractivity contribution in [2.24, 2.45) is 0 Å². The van der Waals surface area contributed by atoms with Crippen LogP contribution in [0.3, 0.4) is 0 Å². The van der Waals surface area contributed by atoms with Gasteiger partial charge in [0.2, 0.25) is 0 Å². The average Bonchev–Trinajstić information content (AvgIpc) is 2.64. The van der Waals surface area contributed by atoms with Gasteiger partial charge in [0, 0.05) is 24.7 Å². The summed E-state index contributed by atoms with van der Waals surface area (Å²) in [6, 6.07) is 22.2. The zero-order chi connectivity index (χ0) is 16.1. The molecule has 2 aromatic carbocycles. The minimum atomic E-state index is -0.860. The molecule has 1 heterocycles. The van der Waals surface area contributed by atoms with E-state index in [0.717, 1.165) is 27.5 Å². The van der Waals surface area contributed by atoms with Crippen molar-refractivity contribution in [2.75, 3.05) is 14.2 Å². The summed E-state index contributed by atoms with van der Waals surface area (Å²) in [6.45, 7) is 0. The van der Waals surface area contributed by atoms with Crippen molar-refractivity contribution in [2.45, 2.75) is 0 Å². The Balaban J connectivity index is 2.23. The van der Waals surface area contributed by atoms with Gasteiger partial charge in [0.05, 0.1) is 19.7 Å². The highest BCUT2D eigenvalue weighted by Crippen LogP contribution is 2.38. The lowest BCUT2D eigenvalue weighted by atomic mass is 10.3. The summed E-state index contributed by atoms with van der Waals surface area (Å²) in [5.74, 6) is 1.74. The third-order valence-electron chi connectivity index (χ3n) is 3.53. The van der Waals surface area contributed by atoms with Crippen LogP contribution < -0.4 is 25.5 Å². The summed E-state index contributed by atoms with van der Waals surface area (Å²) >= 11 is 0. The Morgan fingerprint density at radius 3 is 1.70 bits per heavy atom. The molecule has 0 aliphatic rings.